The maximum absolute atomic E-state index is 10.5. The van der Waals surface area contributed by atoms with Crippen LogP contribution in [0.2, 0.25) is 0 Å². The largest absolute Gasteiger partial charge is 0.488 e. The van der Waals surface area contributed by atoms with Crippen molar-refractivity contribution in [1.82, 2.24) is 19.7 Å². The lowest BCUT2D eigenvalue weighted by Crippen LogP contribution is -2.34. The first-order valence-corrected chi connectivity index (χ1v) is 9.65. The monoisotopic (exact) mass is 407 g/mol. The molecule has 1 aliphatic rings. The Morgan fingerprint density at radius 2 is 2.07 bits per heavy atom. The van der Waals surface area contributed by atoms with E-state index < -0.39 is 6.23 Å². The van der Waals surface area contributed by atoms with Crippen LogP contribution in [0.3, 0.4) is 0 Å². The number of ether oxygens (including phenoxy) is 1. The third kappa shape index (κ3) is 2.66. The molecule has 4 aromatic rings. The van der Waals surface area contributed by atoms with Crippen LogP contribution >= 0.6 is 0 Å². The van der Waals surface area contributed by atoms with Gasteiger partial charge in [-0.15, -0.1) is 0 Å². The molecule has 1 unspecified atom stereocenters. The second-order valence-corrected chi connectivity index (χ2v) is 7.35. The Morgan fingerprint density at radius 3 is 2.73 bits per heavy atom. The second kappa shape index (κ2) is 6.82. The number of rotatable bonds is 4. The number of aryl methyl sites for hydroxylation is 2. The standard InChI is InChI=1S/C21H21N5O4/c1-11-18(12(2)30-24-11)14-7-8-16-19-20(14)29-10-17(15-6-4-5-9-22-15)25(19)21(23-16)26(28)13(3)27/h4-9,13,17,27-28H,10H2,1-3H3/t13?,17-/m1/s1. The number of aliphatic hydroxyl groups is 1. The van der Waals surface area contributed by atoms with Crippen molar-refractivity contribution in [3.63, 3.8) is 0 Å². The molecule has 0 amide bonds. The smallest absolute Gasteiger partial charge is 0.234 e. The molecule has 0 bridgehead atoms. The molecule has 0 spiro atoms. The van der Waals surface area contributed by atoms with Gasteiger partial charge in [-0.2, -0.15) is 5.06 Å². The van der Waals surface area contributed by atoms with Gasteiger partial charge in [-0.25, -0.2) is 4.98 Å². The van der Waals surface area contributed by atoms with E-state index in [1.54, 1.807) is 6.20 Å². The SMILES string of the molecule is Cc1noc(C)c1-c1ccc2nc(N(O)C(C)O)n3c2c1OC[C@@H]3c1ccccn1. The summed E-state index contributed by atoms with van der Waals surface area (Å²) in [6, 6.07) is 9.09. The molecule has 0 aliphatic carbocycles. The van der Waals surface area contributed by atoms with Gasteiger partial charge >= 0.3 is 0 Å². The lowest BCUT2D eigenvalue weighted by molar-refractivity contribution is 0.0737. The first kappa shape index (κ1) is 18.6. The quantitative estimate of drug-likeness (QED) is 0.392. The number of aromatic nitrogens is 4. The van der Waals surface area contributed by atoms with E-state index in [4.69, 9.17) is 9.26 Å². The molecule has 5 rings (SSSR count). The van der Waals surface area contributed by atoms with E-state index in [1.165, 1.54) is 6.92 Å². The molecule has 1 aliphatic heterocycles. The predicted octanol–water partition coefficient (Wildman–Crippen LogP) is 3.22. The maximum atomic E-state index is 10.5. The minimum Gasteiger partial charge on any atom is -0.488 e. The van der Waals surface area contributed by atoms with E-state index in [-0.39, 0.29) is 18.6 Å². The zero-order chi connectivity index (χ0) is 21.0. The van der Waals surface area contributed by atoms with Crippen LogP contribution in [0.5, 0.6) is 5.75 Å². The van der Waals surface area contributed by atoms with Gasteiger partial charge in [0.2, 0.25) is 5.95 Å². The molecule has 2 N–H and O–H groups in total. The summed E-state index contributed by atoms with van der Waals surface area (Å²) in [6.07, 6.45) is 0.570. The number of pyridine rings is 1. The molecular weight excluding hydrogens is 386 g/mol. The number of imidazole rings is 1. The summed E-state index contributed by atoms with van der Waals surface area (Å²) in [4.78, 5) is 9.05. The molecule has 30 heavy (non-hydrogen) atoms. The van der Waals surface area contributed by atoms with E-state index in [1.807, 2.05) is 48.7 Å². The first-order chi connectivity index (χ1) is 14.5. The summed E-state index contributed by atoms with van der Waals surface area (Å²) in [5, 5.41) is 25.4. The first-order valence-electron chi connectivity index (χ1n) is 9.65. The molecule has 0 fully saturated rings. The molecule has 0 radical (unpaired) electrons. The predicted molar refractivity (Wildman–Crippen MR) is 109 cm³/mol. The van der Waals surface area contributed by atoms with Crippen LogP contribution in [0.25, 0.3) is 22.2 Å². The molecule has 0 saturated carbocycles. The van der Waals surface area contributed by atoms with Crippen LogP contribution < -0.4 is 9.80 Å². The lowest BCUT2D eigenvalue weighted by Gasteiger charge is -2.30. The Bertz CT molecular complexity index is 1210. The van der Waals surface area contributed by atoms with E-state index in [9.17, 15) is 10.3 Å². The van der Waals surface area contributed by atoms with Gasteiger partial charge in [0.05, 0.1) is 22.5 Å². The van der Waals surface area contributed by atoms with Gasteiger partial charge in [0, 0.05) is 11.8 Å². The van der Waals surface area contributed by atoms with Crippen LogP contribution in [0.1, 0.15) is 30.1 Å². The Balaban J connectivity index is 1.82. The zero-order valence-electron chi connectivity index (χ0n) is 16.8. The van der Waals surface area contributed by atoms with Crippen LogP contribution in [-0.2, 0) is 0 Å². The number of hydroxylamine groups is 1. The number of nitrogens with zero attached hydrogens (tertiary/aromatic N) is 5. The van der Waals surface area contributed by atoms with Gasteiger partial charge in [-0.3, -0.25) is 14.8 Å². The molecule has 154 valence electrons. The third-order valence-corrected chi connectivity index (χ3v) is 5.37. The highest BCUT2D eigenvalue weighted by Crippen LogP contribution is 2.45. The molecule has 1 aromatic carbocycles. The van der Waals surface area contributed by atoms with Gasteiger partial charge in [-0.05, 0) is 45.0 Å². The molecule has 4 heterocycles. The molecule has 2 atom stereocenters. The summed E-state index contributed by atoms with van der Waals surface area (Å²) >= 11 is 0. The number of benzene rings is 1. The van der Waals surface area contributed by atoms with Crippen LogP contribution in [0.4, 0.5) is 5.95 Å². The highest BCUT2D eigenvalue weighted by Gasteiger charge is 2.34. The van der Waals surface area contributed by atoms with Crippen LogP contribution in [0.15, 0.2) is 41.1 Å². The average Bonchev–Trinajstić information content (AvgIpc) is 3.30. The van der Waals surface area contributed by atoms with Crippen LogP contribution in [-0.4, -0.2) is 42.8 Å². The average molecular weight is 407 g/mol. The Labute approximate surface area is 172 Å². The minimum atomic E-state index is -1.14. The normalized spacial score (nSPS) is 16.5. The summed E-state index contributed by atoms with van der Waals surface area (Å²) in [5.74, 6) is 1.54. The molecule has 3 aromatic heterocycles. The Kier molecular flexibility index (Phi) is 4.23. The summed E-state index contributed by atoms with van der Waals surface area (Å²) in [5.41, 5.74) is 4.59. The van der Waals surface area contributed by atoms with Gasteiger partial charge in [-0.1, -0.05) is 11.2 Å². The van der Waals surface area contributed by atoms with Gasteiger partial charge < -0.3 is 14.4 Å². The van der Waals surface area contributed by atoms with Crippen molar-refractivity contribution >= 4 is 17.0 Å². The fraction of sp³-hybridized carbons (Fsp3) is 0.286. The lowest BCUT2D eigenvalue weighted by atomic mass is 10.0. The summed E-state index contributed by atoms with van der Waals surface area (Å²) in [6.45, 7) is 5.50. The molecule has 0 saturated heterocycles. The summed E-state index contributed by atoms with van der Waals surface area (Å²) < 4.78 is 13.5. The van der Waals surface area contributed by atoms with Gasteiger partial charge in [0.15, 0.2) is 12.0 Å². The highest BCUT2D eigenvalue weighted by molar-refractivity contribution is 5.94. The van der Waals surface area contributed by atoms with Crippen molar-refractivity contribution in [2.45, 2.75) is 33.0 Å². The molecule has 9 heteroatoms. The third-order valence-electron chi connectivity index (χ3n) is 5.37. The van der Waals surface area contributed by atoms with Crippen molar-refractivity contribution < 1.29 is 19.6 Å². The van der Waals surface area contributed by atoms with E-state index in [0.717, 1.165) is 27.6 Å². The number of hydrogen-bond acceptors (Lipinski definition) is 8. The fourth-order valence-electron chi connectivity index (χ4n) is 4.01. The van der Waals surface area contributed by atoms with Gasteiger partial charge in [0.25, 0.3) is 0 Å². The van der Waals surface area contributed by atoms with E-state index in [0.29, 0.717) is 22.5 Å². The number of anilines is 1. The maximum Gasteiger partial charge on any atom is 0.234 e. The van der Waals surface area contributed by atoms with E-state index >= 15 is 0 Å². The minimum absolute atomic E-state index is 0.219. The Hall–Kier alpha value is -3.43. The summed E-state index contributed by atoms with van der Waals surface area (Å²) in [7, 11) is 0. The number of aliphatic hydroxyl groups excluding tert-OH is 1. The van der Waals surface area contributed by atoms with Gasteiger partial charge in [0.1, 0.15) is 23.9 Å². The molecule has 9 nitrogen and oxygen atoms in total. The van der Waals surface area contributed by atoms with Crippen molar-refractivity contribution in [2.75, 3.05) is 11.7 Å². The molecular formula is C21H21N5O4. The van der Waals surface area contributed by atoms with E-state index in [2.05, 4.69) is 15.1 Å². The van der Waals surface area contributed by atoms with Crippen molar-refractivity contribution in [2.24, 2.45) is 0 Å². The fourth-order valence-corrected chi connectivity index (χ4v) is 4.01. The van der Waals surface area contributed by atoms with Crippen molar-refractivity contribution in [1.29, 1.82) is 0 Å². The zero-order valence-corrected chi connectivity index (χ0v) is 16.8. The highest BCUT2D eigenvalue weighted by atomic mass is 16.5. The second-order valence-electron chi connectivity index (χ2n) is 7.35. The topological polar surface area (TPSA) is 110 Å². The van der Waals surface area contributed by atoms with Crippen molar-refractivity contribution in [3.8, 4) is 16.9 Å². The van der Waals surface area contributed by atoms with Crippen molar-refractivity contribution in [3.05, 3.63) is 53.7 Å². The van der Waals surface area contributed by atoms with Crippen LogP contribution in [0, 0.1) is 13.8 Å². The Morgan fingerprint density at radius 1 is 1.23 bits per heavy atom. The number of hydrogen-bond donors (Lipinski definition) is 2.